The lowest BCUT2D eigenvalue weighted by Gasteiger charge is -2.24. The summed E-state index contributed by atoms with van der Waals surface area (Å²) in [5.41, 5.74) is 3.96. The van der Waals surface area contributed by atoms with Crippen LogP contribution in [0.1, 0.15) is 36.0 Å². The highest BCUT2D eigenvalue weighted by Gasteiger charge is 2.24. The number of carbonyl (C=O) groups excluding carboxylic acids is 1. The van der Waals surface area contributed by atoms with Gasteiger partial charge >= 0.3 is 0 Å². The number of rotatable bonds is 4. The molecule has 0 atom stereocenters. The molecule has 0 aromatic heterocycles. The van der Waals surface area contributed by atoms with Gasteiger partial charge < -0.3 is 5.32 Å². The molecule has 0 saturated heterocycles. The standard InChI is InChI=1S/C15H21NO/c1-11-6-7-13(10-12(11)2)8-9-16-15(17)14-4-3-5-14/h6-7,10,14H,3-5,8-9H2,1-2H3,(H,16,17). The lowest BCUT2D eigenvalue weighted by Crippen LogP contribution is -2.35. The number of aryl methyl sites for hydroxylation is 2. The topological polar surface area (TPSA) is 29.1 Å². The number of hydrogen-bond acceptors (Lipinski definition) is 1. The molecule has 1 aliphatic carbocycles. The van der Waals surface area contributed by atoms with Gasteiger partial charge in [-0.05, 0) is 49.8 Å². The summed E-state index contributed by atoms with van der Waals surface area (Å²) in [5.74, 6) is 0.551. The third-order valence-electron chi connectivity index (χ3n) is 3.76. The predicted octanol–water partition coefficient (Wildman–Crippen LogP) is 2.76. The average Bonchev–Trinajstić information content (AvgIpc) is 2.21. The number of nitrogens with one attached hydrogen (secondary N) is 1. The van der Waals surface area contributed by atoms with Crippen molar-refractivity contribution in [3.63, 3.8) is 0 Å². The molecule has 0 heterocycles. The van der Waals surface area contributed by atoms with E-state index in [9.17, 15) is 4.79 Å². The van der Waals surface area contributed by atoms with Crippen LogP contribution in [-0.4, -0.2) is 12.5 Å². The van der Waals surface area contributed by atoms with Crippen molar-refractivity contribution in [2.24, 2.45) is 5.92 Å². The van der Waals surface area contributed by atoms with Crippen LogP contribution in [0.4, 0.5) is 0 Å². The zero-order valence-electron chi connectivity index (χ0n) is 10.8. The van der Waals surface area contributed by atoms with Crippen molar-refractivity contribution in [3.8, 4) is 0 Å². The van der Waals surface area contributed by atoms with Crippen molar-refractivity contribution < 1.29 is 4.79 Å². The summed E-state index contributed by atoms with van der Waals surface area (Å²) in [4.78, 5) is 11.6. The average molecular weight is 231 g/mol. The predicted molar refractivity (Wildman–Crippen MR) is 70.0 cm³/mol. The van der Waals surface area contributed by atoms with Crippen LogP contribution in [-0.2, 0) is 11.2 Å². The van der Waals surface area contributed by atoms with Crippen molar-refractivity contribution in [1.29, 1.82) is 0 Å². The Morgan fingerprint density at radius 3 is 2.65 bits per heavy atom. The minimum Gasteiger partial charge on any atom is -0.356 e. The summed E-state index contributed by atoms with van der Waals surface area (Å²) in [6.45, 7) is 5.01. The summed E-state index contributed by atoms with van der Waals surface area (Å²) in [6.07, 6.45) is 4.31. The van der Waals surface area contributed by atoms with Crippen LogP contribution in [0.15, 0.2) is 18.2 Å². The molecule has 1 amide bonds. The van der Waals surface area contributed by atoms with Gasteiger partial charge in [-0.1, -0.05) is 24.6 Å². The van der Waals surface area contributed by atoms with Gasteiger partial charge in [0.25, 0.3) is 0 Å². The Kier molecular flexibility index (Phi) is 3.82. The van der Waals surface area contributed by atoms with Crippen molar-refractivity contribution in [1.82, 2.24) is 5.32 Å². The van der Waals surface area contributed by atoms with Gasteiger partial charge in [-0.25, -0.2) is 0 Å². The molecule has 0 radical (unpaired) electrons. The first-order chi connectivity index (χ1) is 8.16. The lowest BCUT2D eigenvalue weighted by molar-refractivity contribution is -0.127. The van der Waals surface area contributed by atoms with E-state index in [0.717, 1.165) is 25.8 Å². The Labute approximate surface area is 103 Å². The molecule has 17 heavy (non-hydrogen) atoms. The largest absolute Gasteiger partial charge is 0.356 e. The zero-order valence-corrected chi connectivity index (χ0v) is 10.8. The van der Waals surface area contributed by atoms with Gasteiger partial charge in [-0.15, -0.1) is 0 Å². The Hall–Kier alpha value is -1.31. The minimum absolute atomic E-state index is 0.250. The highest BCUT2D eigenvalue weighted by molar-refractivity contribution is 5.79. The summed E-state index contributed by atoms with van der Waals surface area (Å²) >= 11 is 0. The first-order valence-electron chi connectivity index (χ1n) is 6.50. The third-order valence-corrected chi connectivity index (χ3v) is 3.76. The third kappa shape index (κ3) is 3.09. The van der Waals surface area contributed by atoms with E-state index in [2.05, 4.69) is 37.4 Å². The molecule has 2 nitrogen and oxygen atoms in total. The molecule has 92 valence electrons. The fourth-order valence-corrected chi connectivity index (χ4v) is 2.10. The van der Waals surface area contributed by atoms with Crippen LogP contribution in [0, 0.1) is 19.8 Å². The normalized spacial score (nSPS) is 15.4. The molecule has 0 bridgehead atoms. The maximum Gasteiger partial charge on any atom is 0.223 e. The van der Waals surface area contributed by atoms with E-state index in [1.165, 1.54) is 23.1 Å². The second-order valence-corrected chi connectivity index (χ2v) is 5.09. The molecule has 1 aromatic rings. The number of carbonyl (C=O) groups is 1. The van der Waals surface area contributed by atoms with Gasteiger partial charge in [0.15, 0.2) is 0 Å². The first kappa shape index (κ1) is 12.2. The molecule has 1 N–H and O–H groups in total. The lowest BCUT2D eigenvalue weighted by atomic mass is 9.85. The monoisotopic (exact) mass is 231 g/mol. The Balaban J connectivity index is 1.77. The van der Waals surface area contributed by atoms with E-state index >= 15 is 0 Å². The Morgan fingerprint density at radius 1 is 1.29 bits per heavy atom. The van der Waals surface area contributed by atoms with Crippen molar-refractivity contribution in [3.05, 3.63) is 34.9 Å². The Bertz CT molecular complexity index is 407. The molecule has 1 saturated carbocycles. The van der Waals surface area contributed by atoms with Crippen molar-refractivity contribution in [2.45, 2.75) is 39.5 Å². The second kappa shape index (κ2) is 5.35. The molecule has 2 rings (SSSR count). The number of amides is 1. The molecular weight excluding hydrogens is 210 g/mol. The molecule has 1 fully saturated rings. The Morgan fingerprint density at radius 2 is 2.06 bits per heavy atom. The van der Waals surface area contributed by atoms with E-state index in [4.69, 9.17) is 0 Å². The molecule has 0 spiro atoms. The first-order valence-corrected chi connectivity index (χ1v) is 6.50. The highest BCUT2D eigenvalue weighted by Crippen LogP contribution is 2.26. The van der Waals surface area contributed by atoms with Gasteiger partial charge in [0.05, 0.1) is 0 Å². The molecule has 1 aromatic carbocycles. The van der Waals surface area contributed by atoms with E-state index in [1.807, 2.05) is 0 Å². The van der Waals surface area contributed by atoms with Crippen LogP contribution < -0.4 is 5.32 Å². The molecular formula is C15H21NO. The summed E-state index contributed by atoms with van der Waals surface area (Å²) in [5, 5.41) is 3.03. The number of hydrogen-bond donors (Lipinski definition) is 1. The second-order valence-electron chi connectivity index (χ2n) is 5.09. The SMILES string of the molecule is Cc1ccc(CCNC(=O)C2CCC2)cc1C. The van der Waals surface area contributed by atoms with E-state index in [0.29, 0.717) is 5.92 Å². The maximum absolute atomic E-state index is 11.6. The van der Waals surface area contributed by atoms with Crippen LogP contribution >= 0.6 is 0 Å². The van der Waals surface area contributed by atoms with Gasteiger partial charge in [-0.3, -0.25) is 4.79 Å². The highest BCUT2D eigenvalue weighted by atomic mass is 16.1. The maximum atomic E-state index is 11.6. The number of benzene rings is 1. The van der Waals surface area contributed by atoms with E-state index < -0.39 is 0 Å². The van der Waals surface area contributed by atoms with Gasteiger partial charge in [0.2, 0.25) is 5.91 Å². The van der Waals surface area contributed by atoms with Crippen LogP contribution in [0.3, 0.4) is 0 Å². The quantitative estimate of drug-likeness (QED) is 0.848. The minimum atomic E-state index is 0.250. The summed E-state index contributed by atoms with van der Waals surface area (Å²) in [6, 6.07) is 6.51. The molecule has 2 heteroatoms. The van der Waals surface area contributed by atoms with Crippen molar-refractivity contribution >= 4 is 5.91 Å². The molecule has 0 unspecified atom stereocenters. The summed E-state index contributed by atoms with van der Waals surface area (Å²) in [7, 11) is 0. The zero-order chi connectivity index (χ0) is 12.3. The smallest absolute Gasteiger partial charge is 0.223 e. The van der Waals surface area contributed by atoms with Crippen LogP contribution in [0.2, 0.25) is 0 Å². The van der Waals surface area contributed by atoms with Gasteiger partial charge in [-0.2, -0.15) is 0 Å². The van der Waals surface area contributed by atoms with E-state index in [-0.39, 0.29) is 5.91 Å². The van der Waals surface area contributed by atoms with Crippen LogP contribution in [0.5, 0.6) is 0 Å². The van der Waals surface area contributed by atoms with Crippen LogP contribution in [0.25, 0.3) is 0 Å². The summed E-state index contributed by atoms with van der Waals surface area (Å²) < 4.78 is 0. The fraction of sp³-hybridized carbons (Fsp3) is 0.533. The van der Waals surface area contributed by atoms with Gasteiger partial charge in [0.1, 0.15) is 0 Å². The fourth-order valence-electron chi connectivity index (χ4n) is 2.10. The molecule has 0 aliphatic heterocycles. The molecule has 1 aliphatic rings. The van der Waals surface area contributed by atoms with E-state index in [1.54, 1.807) is 0 Å². The van der Waals surface area contributed by atoms with Crippen molar-refractivity contribution in [2.75, 3.05) is 6.54 Å². The van der Waals surface area contributed by atoms with Gasteiger partial charge in [0, 0.05) is 12.5 Å².